The van der Waals surface area contributed by atoms with Crippen LogP contribution in [0.25, 0.3) is 0 Å². The van der Waals surface area contributed by atoms with Gasteiger partial charge >= 0.3 is 0 Å². The molecule has 0 amide bonds. The first kappa shape index (κ1) is 19.9. The van der Waals surface area contributed by atoms with Crippen LogP contribution in [-0.4, -0.2) is 87.9 Å². The SMILES string of the molecule is CN=C(NCC1CCCN(C)C1)NCC1(N2CCOCC2)CCCCC1. The van der Waals surface area contributed by atoms with Gasteiger partial charge in [0.15, 0.2) is 5.96 Å². The van der Waals surface area contributed by atoms with E-state index >= 15 is 0 Å². The molecule has 26 heavy (non-hydrogen) atoms. The van der Waals surface area contributed by atoms with Crippen molar-refractivity contribution in [1.82, 2.24) is 20.4 Å². The molecule has 1 unspecified atom stereocenters. The average molecular weight is 366 g/mol. The number of hydrogen-bond donors (Lipinski definition) is 2. The van der Waals surface area contributed by atoms with Gasteiger partial charge < -0.3 is 20.3 Å². The first-order valence-corrected chi connectivity index (χ1v) is 10.7. The molecule has 2 saturated heterocycles. The number of nitrogens with zero attached hydrogens (tertiary/aromatic N) is 3. The molecular formula is C20H39N5O. The Labute approximate surface area is 159 Å². The molecule has 1 aliphatic carbocycles. The normalized spacial score (nSPS) is 28.7. The van der Waals surface area contributed by atoms with Gasteiger partial charge in [-0.1, -0.05) is 19.3 Å². The molecule has 1 saturated carbocycles. The summed E-state index contributed by atoms with van der Waals surface area (Å²) in [6.45, 7) is 8.36. The van der Waals surface area contributed by atoms with Crippen LogP contribution in [0.1, 0.15) is 44.9 Å². The lowest BCUT2D eigenvalue weighted by molar-refractivity contribution is -0.0352. The lowest BCUT2D eigenvalue weighted by Gasteiger charge is -2.48. The van der Waals surface area contributed by atoms with E-state index in [-0.39, 0.29) is 5.54 Å². The van der Waals surface area contributed by atoms with Gasteiger partial charge in [-0.2, -0.15) is 0 Å². The van der Waals surface area contributed by atoms with E-state index in [1.807, 2.05) is 7.05 Å². The molecule has 0 aromatic heterocycles. The third-order valence-electron chi connectivity index (χ3n) is 6.55. The maximum atomic E-state index is 5.59. The highest BCUT2D eigenvalue weighted by atomic mass is 16.5. The molecule has 0 aromatic carbocycles. The van der Waals surface area contributed by atoms with Crippen LogP contribution in [0.2, 0.25) is 0 Å². The second-order valence-corrected chi connectivity index (χ2v) is 8.46. The van der Waals surface area contributed by atoms with E-state index < -0.39 is 0 Å². The van der Waals surface area contributed by atoms with Crippen molar-refractivity contribution in [1.29, 1.82) is 0 Å². The van der Waals surface area contributed by atoms with Crippen molar-refractivity contribution in [3.8, 4) is 0 Å². The van der Waals surface area contributed by atoms with Gasteiger partial charge in [-0.15, -0.1) is 0 Å². The fraction of sp³-hybridized carbons (Fsp3) is 0.950. The third kappa shape index (κ3) is 5.33. The molecule has 1 atom stereocenters. The van der Waals surface area contributed by atoms with Crippen LogP contribution in [0.5, 0.6) is 0 Å². The van der Waals surface area contributed by atoms with Crippen molar-refractivity contribution >= 4 is 5.96 Å². The van der Waals surface area contributed by atoms with Gasteiger partial charge in [0.1, 0.15) is 0 Å². The zero-order chi connectivity index (χ0) is 18.2. The molecule has 3 aliphatic rings. The van der Waals surface area contributed by atoms with Crippen LogP contribution in [-0.2, 0) is 4.74 Å². The first-order chi connectivity index (χ1) is 12.7. The molecule has 6 heteroatoms. The minimum absolute atomic E-state index is 0.282. The highest BCUT2D eigenvalue weighted by Crippen LogP contribution is 2.33. The summed E-state index contributed by atoms with van der Waals surface area (Å²) in [5.41, 5.74) is 0.282. The van der Waals surface area contributed by atoms with Gasteiger partial charge in [-0.05, 0) is 45.2 Å². The summed E-state index contributed by atoms with van der Waals surface area (Å²) in [6, 6.07) is 0. The molecule has 3 fully saturated rings. The van der Waals surface area contributed by atoms with Crippen molar-refractivity contribution in [2.45, 2.75) is 50.5 Å². The lowest BCUT2D eigenvalue weighted by Crippen LogP contribution is -2.60. The number of nitrogens with one attached hydrogen (secondary N) is 2. The van der Waals surface area contributed by atoms with Gasteiger partial charge in [0, 0.05) is 45.3 Å². The molecule has 2 heterocycles. The molecule has 3 rings (SSSR count). The van der Waals surface area contributed by atoms with Crippen LogP contribution in [0.3, 0.4) is 0 Å². The zero-order valence-corrected chi connectivity index (χ0v) is 16.9. The summed E-state index contributed by atoms with van der Waals surface area (Å²) in [4.78, 5) is 9.62. The van der Waals surface area contributed by atoms with Crippen molar-refractivity contribution < 1.29 is 4.74 Å². The Balaban J connectivity index is 1.51. The Hall–Kier alpha value is -0.850. The molecule has 2 N–H and O–H groups in total. The van der Waals surface area contributed by atoms with Crippen LogP contribution in [0.15, 0.2) is 4.99 Å². The first-order valence-electron chi connectivity index (χ1n) is 10.7. The van der Waals surface area contributed by atoms with Crippen LogP contribution in [0, 0.1) is 5.92 Å². The largest absolute Gasteiger partial charge is 0.379 e. The van der Waals surface area contributed by atoms with Crippen molar-refractivity contribution in [3.63, 3.8) is 0 Å². The maximum absolute atomic E-state index is 5.59. The number of rotatable bonds is 5. The molecule has 0 aromatic rings. The lowest BCUT2D eigenvalue weighted by atomic mass is 9.80. The van der Waals surface area contributed by atoms with E-state index in [0.29, 0.717) is 0 Å². The summed E-state index contributed by atoms with van der Waals surface area (Å²) >= 11 is 0. The molecule has 0 radical (unpaired) electrons. The number of hydrogen-bond acceptors (Lipinski definition) is 4. The predicted octanol–water partition coefficient (Wildman–Crippen LogP) is 1.53. The Kier molecular flexibility index (Phi) is 7.58. The molecule has 2 aliphatic heterocycles. The van der Waals surface area contributed by atoms with E-state index in [0.717, 1.165) is 51.3 Å². The Morgan fingerprint density at radius 2 is 1.85 bits per heavy atom. The molecule has 150 valence electrons. The Morgan fingerprint density at radius 1 is 1.08 bits per heavy atom. The fourth-order valence-corrected chi connectivity index (χ4v) is 5.00. The van der Waals surface area contributed by atoms with Crippen molar-refractivity contribution in [3.05, 3.63) is 0 Å². The van der Waals surface area contributed by atoms with Gasteiger partial charge in [0.05, 0.1) is 13.2 Å². The topological polar surface area (TPSA) is 52.1 Å². The minimum atomic E-state index is 0.282. The van der Waals surface area contributed by atoms with Crippen LogP contribution < -0.4 is 10.6 Å². The van der Waals surface area contributed by atoms with Crippen LogP contribution in [0.4, 0.5) is 0 Å². The molecule has 0 spiro atoms. The van der Waals surface area contributed by atoms with Crippen molar-refractivity contribution in [2.75, 3.05) is 66.6 Å². The van der Waals surface area contributed by atoms with E-state index in [9.17, 15) is 0 Å². The van der Waals surface area contributed by atoms with Gasteiger partial charge in [-0.3, -0.25) is 9.89 Å². The number of ether oxygens (including phenoxy) is 1. The van der Waals surface area contributed by atoms with E-state index in [4.69, 9.17) is 4.74 Å². The second kappa shape index (κ2) is 9.90. The number of piperidine rings is 1. The molecular weight excluding hydrogens is 326 g/mol. The van der Waals surface area contributed by atoms with E-state index in [1.54, 1.807) is 0 Å². The Bertz CT molecular complexity index is 443. The number of likely N-dealkylation sites (tertiary alicyclic amines) is 1. The minimum Gasteiger partial charge on any atom is -0.379 e. The smallest absolute Gasteiger partial charge is 0.191 e. The van der Waals surface area contributed by atoms with Gasteiger partial charge in [0.25, 0.3) is 0 Å². The summed E-state index contributed by atoms with van der Waals surface area (Å²) < 4.78 is 5.59. The van der Waals surface area contributed by atoms with Gasteiger partial charge in [0.2, 0.25) is 0 Å². The summed E-state index contributed by atoms with van der Waals surface area (Å²) in [5, 5.41) is 7.26. The van der Waals surface area contributed by atoms with E-state index in [1.165, 1.54) is 58.0 Å². The molecule has 0 bridgehead atoms. The van der Waals surface area contributed by atoms with Crippen molar-refractivity contribution in [2.24, 2.45) is 10.9 Å². The standard InChI is InChI=1S/C20H39N5O/c1-21-19(22-15-18-7-6-10-24(2)16-18)23-17-20(8-4-3-5-9-20)25-11-13-26-14-12-25/h18H,3-17H2,1-2H3,(H2,21,22,23). The fourth-order valence-electron chi connectivity index (χ4n) is 5.00. The summed E-state index contributed by atoms with van der Waals surface area (Å²) in [7, 11) is 4.12. The van der Waals surface area contributed by atoms with Gasteiger partial charge in [-0.25, -0.2) is 0 Å². The number of guanidine groups is 1. The third-order valence-corrected chi connectivity index (χ3v) is 6.55. The summed E-state index contributed by atoms with van der Waals surface area (Å²) in [5.74, 6) is 1.70. The maximum Gasteiger partial charge on any atom is 0.191 e. The average Bonchev–Trinajstić information content (AvgIpc) is 2.69. The zero-order valence-electron chi connectivity index (χ0n) is 16.9. The highest BCUT2D eigenvalue weighted by Gasteiger charge is 2.38. The number of morpholine rings is 1. The second-order valence-electron chi connectivity index (χ2n) is 8.46. The highest BCUT2D eigenvalue weighted by molar-refractivity contribution is 5.79. The molecule has 6 nitrogen and oxygen atoms in total. The Morgan fingerprint density at radius 3 is 2.54 bits per heavy atom. The predicted molar refractivity (Wildman–Crippen MR) is 108 cm³/mol. The number of aliphatic imine (C=N–C) groups is 1. The quantitative estimate of drug-likeness (QED) is 0.572. The monoisotopic (exact) mass is 365 g/mol. The van der Waals surface area contributed by atoms with E-state index in [2.05, 4.69) is 32.5 Å². The van der Waals surface area contributed by atoms with Crippen LogP contribution >= 0.6 is 0 Å². The summed E-state index contributed by atoms with van der Waals surface area (Å²) in [6.07, 6.45) is 9.31.